The van der Waals surface area contributed by atoms with E-state index < -0.39 is 0 Å². The molecule has 0 aromatic heterocycles. The zero-order valence-corrected chi connectivity index (χ0v) is 11.3. The average Bonchev–Trinajstić information content (AvgIpc) is 2.37. The highest BCUT2D eigenvalue weighted by atomic mass is 32.2. The van der Waals surface area contributed by atoms with Gasteiger partial charge in [-0.2, -0.15) is 0 Å². The van der Waals surface area contributed by atoms with Gasteiger partial charge >= 0.3 is 0 Å². The maximum atomic E-state index is 13.7. The summed E-state index contributed by atoms with van der Waals surface area (Å²) in [6, 6.07) is 12.6. The minimum absolute atomic E-state index is 0.187. The normalized spacial score (nSPS) is 14.1. The van der Waals surface area contributed by atoms with Crippen LogP contribution in [0.3, 0.4) is 0 Å². The molecule has 0 saturated heterocycles. The van der Waals surface area contributed by atoms with Crippen LogP contribution in [-0.4, -0.2) is 6.04 Å². The van der Waals surface area contributed by atoms with E-state index in [1.807, 2.05) is 13.0 Å². The van der Waals surface area contributed by atoms with Gasteiger partial charge in [-0.25, -0.2) is 8.78 Å². The van der Waals surface area contributed by atoms with Crippen LogP contribution in [0.15, 0.2) is 53.4 Å². The molecule has 0 aliphatic rings. The fourth-order valence-corrected chi connectivity index (χ4v) is 2.95. The minimum Gasteiger partial charge on any atom is -0.327 e. The summed E-state index contributed by atoms with van der Waals surface area (Å²) in [5, 5.41) is -0.187. The molecule has 1 nitrogen and oxygen atoms in total. The summed E-state index contributed by atoms with van der Waals surface area (Å²) in [6.07, 6.45) is 0. The first-order valence-electron chi connectivity index (χ1n) is 6.00. The van der Waals surface area contributed by atoms with Crippen molar-refractivity contribution < 1.29 is 8.78 Å². The molecule has 0 radical (unpaired) electrons. The summed E-state index contributed by atoms with van der Waals surface area (Å²) in [6.45, 7) is 1.84. The topological polar surface area (TPSA) is 26.0 Å². The second kappa shape index (κ2) is 6.17. The molecular formula is C15H15F2NS. The predicted molar refractivity (Wildman–Crippen MR) is 75.0 cm³/mol. The van der Waals surface area contributed by atoms with Gasteiger partial charge in [0.1, 0.15) is 11.6 Å². The Hall–Kier alpha value is -1.39. The van der Waals surface area contributed by atoms with E-state index >= 15 is 0 Å². The zero-order valence-electron chi connectivity index (χ0n) is 10.5. The van der Waals surface area contributed by atoms with Crippen LogP contribution in [0.1, 0.15) is 17.7 Å². The monoisotopic (exact) mass is 279 g/mol. The third kappa shape index (κ3) is 3.55. The summed E-state index contributed by atoms with van der Waals surface area (Å²) in [5.41, 5.74) is 6.72. The number of hydrogen-bond donors (Lipinski definition) is 1. The standard InChI is InChI=1S/C15H15F2NS/c1-10(18)15(11-5-4-6-12(16)9-11)19-14-8-3-2-7-13(14)17/h2-10,15H,18H2,1H3. The second-order valence-corrected chi connectivity index (χ2v) is 5.57. The molecule has 2 N–H and O–H groups in total. The number of hydrogen-bond acceptors (Lipinski definition) is 2. The first-order chi connectivity index (χ1) is 9.08. The van der Waals surface area contributed by atoms with Gasteiger partial charge in [0.25, 0.3) is 0 Å². The highest BCUT2D eigenvalue weighted by Crippen LogP contribution is 2.38. The van der Waals surface area contributed by atoms with E-state index in [0.717, 1.165) is 5.56 Å². The Morgan fingerprint density at radius 1 is 1.05 bits per heavy atom. The summed E-state index contributed by atoms with van der Waals surface area (Å²) in [7, 11) is 0. The maximum Gasteiger partial charge on any atom is 0.136 e. The highest BCUT2D eigenvalue weighted by Gasteiger charge is 2.19. The first kappa shape index (κ1) is 14.0. The Balaban J connectivity index is 2.29. The highest BCUT2D eigenvalue weighted by molar-refractivity contribution is 7.99. The smallest absolute Gasteiger partial charge is 0.136 e. The molecule has 0 bridgehead atoms. The van der Waals surface area contributed by atoms with Gasteiger partial charge in [-0.3, -0.25) is 0 Å². The maximum absolute atomic E-state index is 13.7. The molecule has 0 spiro atoms. The van der Waals surface area contributed by atoms with E-state index in [4.69, 9.17) is 5.73 Å². The molecule has 100 valence electrons. The number of rotatable bonds is 4. The SMILES string of the molecule is CC(N)C(Sc1ccccc1F)c1cccc(F)c1. The summed E-state index contributed by atoms with van der Waals surface area (Å²) < 4.78 is 27.0. The molecule has 0 saturated carbocycles. The van der Waals surface area contributed by atoms with Crippen molar-refractivity contribution in [2.45, 2.75) is 23.1 Å². The van der Waals surface area contributed by atoms with Crippen molar-refractivity contribution in [1.29, 1.82) is 0 Å². The molecule has 0 aliphatic heterocycles. The van der Waals surface area contributed by atoms with Crippen molar-refractivity contribution in [2.75, 3.05) is 0 Å². The van der Waals surface area contributed by atoms with Crippen LogP contribution in [-0.2, 0) is 0 Å². The third-order valence-corrected chi connectivity index (χ3v) is 4.29. The fourth-order valence-electron chi connectivity index (χ4n) is 1.84. The lowest BCUT2D eigenvalue weighted by atomic mass is 10.1. The molecular weight excluding hydrogens is 264 g/mol. The van der Waals surface area contributed by atoms with Crippen molar-refractivity contribution in [3.8, 4) is 0 Å². The average molecular weight is 279 g/mol. The molecule has 2 rings (SSSR count). The lowest BCUT2D eigenvalue weighted by Gasteiger charge is -2.21. The largest absolute Gasteiger partial charge is 0.327 e. The van der Waals surface area contributed by atoms with Crippen molar-refractivity contribution in [3.05, 3.63) is 65.7 Å². The van der Waals surface area contributed by atoms with Crippen LogP contribution in [0.5, 0.6) is 0 Å². The van der Waals surface area contributed by atoms with Gasteiger partial charge in [0.05, 0.1) is 0 Å². The molecule has 4 heteroatoms. The molecule has 0 fully saturated rings. The van der Waals surface area contributed by atoms with Crippen LogP contribution in [0.2, 0.25) is 0 Å². The second-order valence-electron chi connectivity index (χ2n) is 4.38. The van der Waals surface area contributed by atoms with Crippen LogP contribution >= 0.6 is 11.8 Å². The van der Waals surface area contributed by atoms with E-state index in [-0.39, 0.29) is 22.9 Å². The van der Waals surface area contributed by atoms with Gasteiger partial charge in [0, 0.05) is 16.2 Å². The van der Waals surface area contributed by atoms with Gasteiger partial charge in [0.15, 0.2) is 0 Å². The fraction of sp³-hybridized carbons (Fsp3) is 0.200. The van der Waals surface area contributed by atoms with Crippen molar-refractivity contribution in [1.82, 2.24) is 0 Å². The van der Waals surface area contributed by atoms with E-state index in [2.05, 4.69) is 0 Å². The van der Waals surface area contributed by atoms with Gasteiger partial charge in [-0.1, -0.05) is 24.3 Å². The molecule has 2 unspecified atom stereocenters. The Morgan fingerprint density at radius 3 is 2.42 bits per heavy atom. The Morgan fingerprint density at radius 2 is 1.79 bits per heavy atom. The van der Waals surface area contributed by atoms with Gasteiger partial charge in [-0.15, -0.1) is 11.8 Å². The number of halogens is 2. The molecule has 2 aromatic rings. The van der Waals surface area contributed by atoms with E-state index in [1.54, 1.807) is 24.3 Å². The van der Waals surface area contributed by atoms with Crippen molar-refractivity contribution >= 4 is 11.8 Å². The minimum atomic E-state index is -0.308. The summed E-state index contributed by atoms with van der Waals surface area (Å²) in [4.78, 5) is 0.522. The number of benzene rings is 2. The van der Waals surface area contributed by atoms with Crippen molar-refractivity contribution in [2.24, 2.45) is 5.73 Å². The Bertz CT molecular complexity index is 557. The summed E-state index contributed by atoms with van der Waals surface area (Å²) in [5.74, 6) is -0.591. The van der Waals surface area contributed by atoms with Gasteiger partial charge in [-0.05, 0) is 36.8 Å². The lowest BCUT2D eigenvalue weighted by molar-refractivity contribution is 0.600. The molecule has 2 aromatic carbocycles. The van der Waals surface area contributed by atoms with Crippen LogP contribution in [0.4, 0.5) is 8.78 Å². The third-order valence-electron chi connectivity index (χ3n) is 2.75. The number of thioether (sulfide) groups is 1. The van der Waals surface area contributed by atoms with E-state index in [0.29, 0.717) is 4.90 Å². The molecule has 0 aliphatic carbocycles. The van der Waals surface area contributed by atoms with Crippen LogP contribution in [0, 0.1) is 11.6 Å². The first-order valence-corrected chi connectivity index (χ1v) is 6.88. The van der Waals surface area contributed by atoms with Crippen molar-refractivity contribution in [3.63, 3.8) is 0 Å². The molecule has 2 atom stereocenters. The predicted octanol–water partition coefficient (Wildman–Crippen LogP) is 4.15. The van der Waals surface area contributed by atoms with E-state index in [1.165, 1.54) is 30.0 Å². The summed E-state index contributed by atoms with van der Waals surface area (Å²) >= 11 is 1.32. The molecule has 0 amide bonds. The Labute approximate surface area is 115 Å². The quantitative estimate of drug-likeness (QED) is 0.851. The van der Waals surface area contributed by atoms with Crippen LogP contribution < -0.4 is 5.73 Å². The molecule has 19 heavy (non-hydrogen) atoms. The van der Waals surface area contributed by atoms with Crippen LogP contribution in [0.25, 0.3) is 0 Å². The van der Waals surface area contributed by atoms with Gasteiger partial charge in [0.2, 0.25) is 0 Å². The zero-order chi connectivity index (χ0) is 13.8. The Kier molecular flexibility index (Phi) is 4.56. The lowest BCUT2D eigenvalue weighted by Crippen LogP contribution is -2.22. The van der Waals surface area contributed by atoms with Gasteiger partial charge < -0.3 is 5.73 Å². The number of nitrogens with two attached hydrogens (primary N) is 1. The molecule has 0 heterocycles. The van der Waals surface area contributed by atoms with E-state index in [9.17, 15) is 8.78 Å².